The molecule has 1 aliphatic rings. The maximum atomic E-state index is 12.4. The molecule has 76 valence electrons. The van der Waals surface area contributed by atoms with Crippen LogP contribution < -0.4 is 11.1 Å². The van der Waals surface area contributed by atoms with Crippen LogP contribution in [0.5, 0.6) is 0 Å². The number of nitrogens with zero attached hydrogens (tertiary/aromatic N) is 2. The number of halogens is 1. The molecule has 0 aromatic carbocycles. The number of nitrogens with two attached hydrogens (primary N) is 1. The Bertz CT molecular complexity index is 294. The molecule has 0 unspecified atom stereocenters. The standard InChI is InChI=1S/C9H13FN4/c10-7-4-13-9(14-5-7)12-3-6-1-8(11)2-6/h4-6,8H,1-3,11H2,(H,12,13,14). The molecule has 2 rings (SSSR count). The van der Waals surface area contributed by atoms with E-state index in [-0.39, 0.29) is 0 Å². The highest BCUT2D eigenvalue weighted by Gasteiger charge is 2.25. The van der Waals surface area contributed by atoms with Crippen molar-refractivity contribution in [2.75, 3.05) is 11.9 Å². The fourth-order valence-electron chi connectivity index (χ4n) is 1.59. The average molecular weight is 196 g/mol. The predicted molar refractivity (Wildman–Crippen MR) is 51.2 cm³/mol. The second-order valence-corrected chi connectivity index (χ2v) is 3.70. The third-order valence-corrected chi connectivity index (χ3v) is 2.44. The third kappa shape index (κ3) is 2.17. The van der Waals surface area contributed by atoms with Crippen LogP contribution in [0.4, 0.5) is 10.3 Å². The topological polar surface area (TPSA) is 63.8 Å². The van der Waals surface area contributed by atoms with Gasteiger partial charge in [0.1, 0.15) is 0 Å². The Balaban J connectivity index is 1.78. The smallest absolute Gasteiger partial charge is 0.222 e. The second-order valence-electron chi connectivity index (χ2n) is 3.70. The molecule has 5 heteroatoms. The zero-order valence-electron chi connectivity index (χ0n) is 7.78. The highest BCUT2D eigenvalue weighted by atomic mass is 19.1. The van der Waals surface area contributed by atoms with E-state index in [4.69, 9.17) is 5.73 Å². The summed E-state index contributed by atoms with van der Waals surface area (Å²) < 4.78 is 12.4. The summed E-state index contributed by atoms with van der Waals surface area (Å²) in [6, 6.07) is 0.357. The normalized spacial score (nSPS) is 25.6. The van der Waals surface area contributed by atoms with E-state index in [9.17, 15) is 4.39 Å². The van der Waals surface area contributed by atoms with Crippen molar-refractivity contribution in [3.05, 3.63) is 18.2 Å². The number of aromatic nitrogens is 2. The summed E-state index contributed by atoms with van der Waals surface area (Å²) >= 11 is 0. The lowest BCUT2D eigenvalue weighted by Gasteiger charge is -2.32. The number of hydrogen-bond donors (Lipinski definition) is 2. The lowest BCUT2D eigenvalue weighted by Crippen LogP contribution is -2.39. The van der Waals surface area contributed by atoms with Crippen LogP contribution in [0.1, 0.15) is 12.8 Å². The van der Waals surface area contributed by atoms with E-state index >= 15 is 0 Å². The summed E-state index contributed by atoms with van der Waals surface area (Å²) in [5, 5.41) is 3.05. The van der Waals surface area contributed by atoms with E-state index in [0.717, 1.165) is 31.8 Å². The van der Waals surface area contributed by atoms with Gasteiger partial charge in [0.2, 0.25) is 5.95 Å². The van der Waals surface area contributed by atoms with Crippen molar-refractivity contribution in [2.45, 2.75) is 18.9 Å². The summed E-state index contributed by atoms with van der Waals surface area (Å²) in [5.74, 6) is 0.673. The van der Waals surface area contributed by atoms with Gasteiger partial charge in [-0.05, 0) is 18.8 Å². The van der Waals surface area contributed by atoms with Crippen LogP contribution in [0.25, 0.3) is 0 Å². The molecule has 0 saturated heterocycles. The predicted octanol–water partition coefficient (Wildman–Crippen LogP) is 0.765. The van der Waals surface area contributed by atoms with Gasteiger partial charge in [-0.25, -0.2) is 14.4 Å². The van der Waals surface area contributed by atoms with Gasteiger partial charge in [0, 0.05) is 12.6 Å². The third-order valence-electron chi connectivity index (χ3n) is 2.44. The Morgan fingerprint density at radius 1 is 1.43 bits per heavy atom. The molecule has 1 saturated carbocycles. The minimum atomic E-state index is -0.416. The van der Waals surface area contributed by atoms with Gasteiger partial charge in [-0.2, -0.15) is 0 Å². The first-order valence-electron chi connectivity index (χ1n) is 4.71. The highest BCUT2D eigenvalue weighted by molar-refractivity contribution is 5.22. The molecule has 3 N–H and O–H groups in total. The molecule has 0 aliphatic heterocycles. The Morgan fingerprint density at radius 3 is 2.64 bits per heavy atom. The van der Waals surface area contributed by atoms with E-state index < -0.39 is 5.82 Å². The van der Waals surface area contributed by atoms with Crippen LogP contribution in [0.2, 0.25) is 0 Å². The van der Waals surface area contributed by atoms with Crippen LogP contribution in [0.3, 0.4) is 0 Å². The molecule has 1 fully saturated rings. The Labute approximate surface area is 81.7 Å². The van der Waals surface area contributed by atoms with Gasteiger partial charge in [0.25, 0.3) is 0 Å². The van der Waals surface area contributed by atoms with Crippen molar-refractivity contribution in [1.29, 1.82) is 0 Å². The first-order chi connectivity index (χ1) is 6.74. The maximum absolute atomic E-state index is 12.4. The van der Waals surface area contributed by atoms with Gasteiger partial charge in [-0.15, -0.1) is 0 Å². The van der Waals surface area contributed by atoms with Crippen LogP contribution in [-0.2, 0) is 0 Å². The van der Waals surface area contributed by atoms with E-state index in [2.05, 4.69) is 15.3 Å². The van der Waals surface area contributed by atoms with E-state index in [1.54, 1.807) is 0 Å². The quantitative estimate of drug-likeness (QED) is 0.749. The van der Waals surface area contributed by atoms with Crippen molar-refractivity contribution in [3.8, 4) is 0 Å². The van der Waals surface area contributed by atoms with Crippen molar-refractivity contribution in [1.82, 2.24) is 9.97 Å². The van der Waals surface area contributed by atoms with E-state index in [1.165, 1.54) is 0 Å². The van der Waals surface area contributed by atoms with Crippen LogP contribution >= 0.6 is 0 Å². The zero-order valence-corrected chi connectivity index (χ0v) is 7.78. The molecule has 1 aromatic heterocycles. The maximum Gasteiger partial charge on any atom is 0.222 e. The zero-order chi connectivity index (χ0) is 9.97. The van der Waals surface area contributed by atoms with Crippen LogP contribution in [-0.4, -0.2) is 22.6 Å². The van der Waals surface area contributed by atoms with Gasteiger partial charge in [-0.3, -0.25) is 0 Å². The monoisotopic (exact) mass is 196 g/mol. The minimum absolute atomic E-state index is 0.357. The average Bonchev–Trinajstić information content (AvgIpc) is 2.13. The van der Waals surface area contributed by atoms with Crippen molar-refractivity contribution >= 4 is 5.95 Å². The summed E-state index contributed by atoms with van der Waals surface area (Å²) in [7, 11) is 0. The molecule has 0 amide bonds. The molecule has 0 atom stereocenters. The highest BCUT2D eigenvalue weighted by Crippen LogP contribution is 2.25. The Kier molecular flexibility index (Phi) is 2.58. The van der Waals surface area contributed by atoms with Gasteiger partial charge in [0.05, 0.1) is 12.4 Å². The Morgan fingerprint density at radius 2 is 2.07 bits per heavy atom. The lowest BCUT2D eigenvalue weighted by atomic mass is 9.81. The molecule has 14 heavy (non-hydrogen) atoms. The fourth-order valence-corrected chi connectivity index (χ4v) is 1.59. The number of nitrogens with one attached hydrogen (secondary N) is 1. The van der Waals surface area contributed by atoms with Crippen molar-refractivity contribution in [3.63, 3.8) is 0 Å². The molecule has 1 heterocycles. The number of anilines is 1. The van der Waals surface area contributed by atoms with Gasteiger partial charge < -0.3 is 11.1 Å². The van der Waals surface area contributed by atoms with E-state index in [0.29, 0.717) is 17.9 Å². The number of hydrogen-bond acceptors (Lipinski definition) is 4. The first kappa shape index (κ1) is 9.33. The SMILES string of the molecule is NC1CC(CNc2ncc(F)cn2)C1. The Hall–Kier alpha value is -1.23. The summed E-state index contributed by atoms with van der Waals surface area (Å²) in [6.07, 6.45) is 4.41. The van der Waals surface area contributed by atoms with Crippen LogP contribution in [0, 0.1) is 11.7 Å². The largest absolute Gasteiger partial charge is 0.354 e. The van der Waals surface area contributed by atoms with E-state index in [1.807, 2.05) is 0 Å². The molecule has 0 radical (unpaired) electrons. The summed E-state index contributed by atoms with van der Waals surface area (Å²) in [4.78, 5) is 7.60. The molecular formula is C9H13FN4. The van der Waals surface area contributed by atoms with Gasteiger partial charge >= 0.3 is 0 Å². The fraction of sp³-hybridized carbons (Fsp3) is 0.556. The molecule has 0 bridgehead atoms. The van der Waals surface area contributed by atoms with Gasteiger partial charge in [0.15, 0.2) is 5.82 Å². The number of rotatable bonds is 3. The van der Waals surface area contributed by atoms with Crippen molar-refractivity contribution < 1.29 is 4.39 Å². The lowest BCUT2D eigenvalue weighted by molar-refractivity contribution is 0.279. The van der Waals surface area contributed by atoms with Crippen molar-refractivity contribution in [2.24, 2.45) is 11.7 Å². The molecule has 4 nitrogen and oxygen atoms in total. The van der Waals surface area contributed by atoms with Crippen LogP contribution in [0.15, 0.2) is 12.4 Å². The second kappa shape index (κ2) is 3.88. The summed E-state index contributed by atoms with van der Waals surface area (Å²) in [5.41, 5.74) is 5.65. The summed E-state index contributed by atoms with van der Waals surface area (Å²) in [6.45, 7) is 0.819. The first-order valence-corrected chi connectivity index (χ1v) is 4.71. The molecule has 1 aromatic rings. The van der Waals surface area contributed by atoms with Gasteiger partial charge in [-0.1, -0.05) is 0 Å². The molecular weight excluding hydrogens is 183 g/mol. The molecule has 0 spiro atoms. The minimum Gasteiger partial charge on any atom is -0.354 e. The molecule has 1 aliphatic carbocycles.